The lowest BCUT2D eigenvalue weighted by Gasteiger charge is -2.37. The molecule has 1 saturated heterocycles. The molecular formula is C14H31N3. The third-order valence-corrected chi connectivity index (χ3v) is 4.24. The molecule has 0 aromatic carbocycles. The van der Waals surface area contributed by atoms with E-state index in [0.717, 1.165) is 12.5 Å². The van der Waals surface area contributed by atoms with Gasteiger partial charge in [-0.3, -0.25) is 4.90 Å². The molecule has 1 fully saturated rings. The van der Waals surface area contributed by atoms with Crippen LogP contribution in [0.5, 0.6) is 0 Å². The molecule has 0 radical (unpaired) electrons. The lowest BCUT2D eigenvalue weighted by atomic mass is 9.94. The van der Waals surface area contributed by atoms with E-state index in [1.807, 2.05) is 7.05 Å². The Morgan fingerprint density at radius 1 is 1.41 bits per heavy atom. The quantitative estimate of drug-likeness (QED) is 0.763. The fourth-order valence-corrected chi connectivity index (χ4v) is 2.76. The summed E-state index contributed by atoms with van der Waals surface area (Å²) in [5.74, 6) is 0.904. The second-order valence-corrected chi connectivity index (χ2v) is 6.32. The standard InChI is InChI=1S/C14H31N3/c1-14(2,12-15-3)17(5)10-8-13-7-6-9-16(4)11-13/h13,15H,6-12H2,1-5H3. The summed E-state index contributed by atoms with van der Waals surface area (Å²) in [7, 11) is 6.54. The molecule has 3 nitrogen and oxygen atoms in total. The van der Waals surface area contributed by atoms with Gasteiger partial charge in [0.15, 0.2) is 0 Å². The second-order valence-electron chi connectivity index (χ2n) is 6.32. The van der Waals surface area contributed by atoms with E-state index in [2.05, 4.69) is 43.1 Å². The molecule has 1 rings (SSSR count). The Labute approximate surface area is 108 Å². The number of nitrogens with zero attached hydrogens (tertiary/aromatic N) is 2. The maximum Gasteiger partial charge on any atom is 0.0274 e. The van der Waals surface area contributed by atoms with Crippen LogP contribution in [-0.2, 0) is 0 Å². The van der Waals surface area contributed by atoms with Crippen molar-refractivity contribution in [2.24, 2.45) is 5.92 Å². The monoisotopic (exact) mass is 241 g/mol. The van der Waals surface area contributed by atoms with Crippen LogP contribution in [0.15, 0.2) is 0 Å². The Morgan fingerprint density at radius 3 is 2.71 bits per heavy atom. The number of likely N-dealkylation sites (N-methyl/N-ethyl adjacent to an activating group) is 2. The summed E-state index contributed by atoms with van der Waals surface area (Å²) >= 11 is 0. The Balaban J connectivity index is 2.29. The third-order valence-electron chi connectivity index (χ3n) is 4.24. The zero-order valence-corrected chi connectivity index (χ0v) is 12.4. The highest BCUT2D eigenvalue weighted by Gasteiger charge is 2.24. The molecule has 17 heavy (non-hydrogen) atoms. The minimum atomic E-state index is 0.259. The lowest BCUT2D eigenvalue weighted by Crippen LogP contribution is -2.48. The van der Waals surface area contributed by atoms with Crippen molar-refractivity contribution < 1.29 is 0 Å². The minimum Gasteiger partial charge on any atom is -0.318 e. The Hall–Kier alpha value is -0.120. The topological polar surface area (TPSA) is 18.5 Å². The van der Waals surface area contributed by atoms with Gasteiger partial charge < -0.3 is 10.2 Å². The number of hydrogen-bond acceptors (Lipinski definition) is 3. The summed E-state index contributed by atoms with van der Waals surface area (Å²) < 4.78 is 0. The first kappa shape index (κ1) is 14.9. The van der Waals surface area contributed by atoms with Crippen LogP contribution in [0.3, 0.4) is 0 Å². The van der Waals surface area contributed by atoms with Crippen LogP contribution in [0.1, 0.15) is 33.1 Å². The number of likely N-dealkylation sites (tertiary alicyclic amines) is 1. The van der Waals surface area contributed by atoms with Crippen molar-refractivity contribution in [3.05, 3.63) is 0 Å². The summed E-state index contributed by atoms with van der Waals surface area (Å²) in [5, 5.41) is 3.28. The molecule has 0 spiro atoms. The van der Waals surface area contributed by atoms with Crippen molar-refractivity contribution in [2.45, 2.75) is 38.6 Å². The second kappa shape index (κ2) is 6.72. The van der Waals surface area contributed by atoms with Crippen molar-refractivity contribution in [1.82, 2.24) is 15.1 Å². The van der Waals surface area contributed by atoms with Gasteiger partial charge in [0.05, 0.1) is 0 Å². The fourth-order valence-electron chi connectivity index (χ4n) is 2.76. The van der Waals surface area contributed by atoms with Gasteiger partial charge in [-0.1, -0.05) is 0 Å². The van der Waals surface area contributed by atoms with E-state index in [-0.39, 0.29) is 5.54 Å². The van der Waals surface area contributed by atoms with Crippen molar-refractivity contribution in [3.8, 4) is 0 Å². The highest BCUT2D eigenvalue weighted by molar-refractivity contribution is 4.82. The van der Waals surface area contributed by atoms with Crippen molar-refractivity contribution in [3.63, 3.8) is 0 Å². The van der Waals surface area contributed by atoms with Gasteiger partial charge in [-0.05, 0) is 73.3 Å². The predicted octanol–water partition coefficient (Wildman–Crippen LogP) is 1.65. The summed E-state index contributed by atoms with van der Waals surface area (Å²) in [6.45, 7) is 9.48. The Kier molecular flexibility index (Phi) is 5.90. The van der Waals surface area contributed by atoms with Gasteiger partial charge in [0.2, 0.25) is 0 Å². The normalized spacial score (nSPS) is 23.3. The van der Waals surface area contributed by atoms with Crippen LogP contribution in [-0.4, -0.2) is 62.7 Å². The van der Waals surface area contributed by atoms with E-state index in [4.69, 9.17) is 0 Å². The number of piperidine rings is 1. The minimum absolute atomic E-state index is 0.259. The van der Waals surface area contributed by atoms with Crippen LogP contribution < -0.4 is 5.32 Å². The fraction of sp³-hybridized carbons (Fsp3) is 1.00. The van der Waals surface area contributed by atoms with Crippen molar-refractivity contribution in [2.75, 3.05) is 47.3 Å². The Bertz CT molecular complexity index is 216. The molecule has 102 valence electrons. The van der Waals surface area contributed by atoms with E-state index in [0.29, 0.717) is 0 Å². The molecule has 1 aliphatic heterocycles. The Morgan fingerprint density at radius 2 is 2.12 bits per heavy atom. The number of rotatable bonds is 6. The van der Waals surface area contributed by atoms with Gasteiger partial charge in [0.1, 0.15) is 0 Å². The molecular weight excluding hydrogens is 210 g/mol. The molecule has 1 unspecified atom stereocenters. The molecule has 1 heterocycles. The van der Waals surface area contributed by atoms with Gasteiger partial charge in [-0.2, -0.15) is 0 Å². The molecule has 0 aliphatic carbocycles. The van der Waals surface area contributed by atoms with E-state index < -0.39 is 0 Å². The average Bonchev–Trinajstić information content (AvgIpc) is 2.26. The molecule has 1 atom stereocenters. The van der Waals surface area contributed by atoms with E-state index in [9.17, 15) is 0 Å². The number of hydrogen-bond donors (Lipinski definition) is 1. The van der Waals surface area contributed by atoms with E-state index in [1.165, 1.54) is 38.9 Å². The summed E-state index contributed by atoms with van der Waals surface area (Å²) in [6.07, 6.45) is 4.14. The number of nitrogens with one attached hydrogen (secondary N) is 1. The van der Waals surface area contributed by atoms with Gasteiger partial charge in [0, 0.05) is 18.6 Å². The molecule has 1 N–H and O–H groups in total. The van der Waals surface area contributed by atoms with Crippen molar-refractivity contribution >= 4 is 0 Å². The maximum atomic E-state index is 3.28. The highest BCUT2D eigenvalue weighted by atomic mass is 15.2. The zero-order valence-electron chi connectivity index (χ0n) is 12.4. The maximum absolute atomic E-state index is 3.28. The molecule has 1 aliphatic rings. The van der Waals surface area contributed by atoms with E-state index >= 15 is 0 Å². The summed E-state index contributed by atoms with van der Waals surface area (Å²) in [5.41, 5.74) is 0.259. The SMILES string of the molecule is CNCC(C)(C)N(C)CCC1CCCN(C)C1. The first-order valence-electron chi connectivity index (χ1n) is 7.00. The lowest BCUT2D eigenvalue weighted by molar-refractivity contribution is 0.128. The summed E-state index contributed by atoms with van der Waals surface area (Å²) in [4.78, 5) is 4.98. The molecule has 0 aromatic rings. The highest BCUT2D eigenvalue weighted by Crippen LogP contribution is 2.20. The molecule has 0 amide bonds. The first-order chi connectivity index (χ1) is 7.95. The van der Waals surface area contributed by atoms with Gasteiger partial charge >= 0.3 is 0 Å². The predicted molar refractivity (Wildman–Crippen MR) is 75.5 cm³/mol. The van der Waals surface area contributed by atoms with Crippen LogP contribution >= 0.6 is 0 Å². The van der Waals surface area contributed by atoms with E-state index in [1.54, 1.807) is 0 Å². The average molecular weight is 241 g/mol. The third kappa shape index (κ3) is 4.94. The first-order valence-corrected chi connectivity index (χ1v) is 7.00. The zero-order chi connectivity index (χ0) is 12.9. The van der Waals surface area contributed by atoms with Crippen LogP contribution in [0, 0.1) is 5.92 Å². The van der Waals surface area contributed by atoms with Crippen LogP contribution in [0.25, 0.3) is 0 Å². The molecule has 3 heteroatoms. The largest absolute Gasteiger partial charge is 0.318 e. The van der Waals surface area contributed by atoms with Crippen molar-refractivity contribution in [1.29, 1.82) is 0 Å². The summed E-state index contributed by atoms with van der Waals surface area (Å²) in [6, 6.07) is 0. The molecule has 0 bridgehead atoms. The molecule has 0 saturated carbocycles. The van der Waals surface area contributed by atoms with Crippen LogP contribution in [0.2, 0.25) is 0 Å². The van der Waals surface area contributed by atoms with Gasteiger partial charge in [-0.15, -0.1) is 0 Å². The van der Waals surface area contributed by atoms with Crippen LogP contribution in [0.4, 0.5) is 0 Å². The molecule has 0 aromatic heterocycles. The van der Waals surface area contributed by atoms with Gasteiger partial charge in [-0.25, -0.2) is 0 Å². The van der Waals surface area contributed by atoms with Gasteiger partial charge in [0.25, 0.3) is 0 Å². The smallest absolute Gasteiger partial charge is 0.0274 e.